The second kappa shape index (κ2) is 6.54. The van der Waals surface area contributed by atoms with Crippen molar-refractivity contribution in [2.24, 2.45) is 0 Å². The highest BCUT2D eigenvalue weighted by Gasteiger charge is 2.25. The maximum Gasteiger partial charge on any atom is 0.232 e. The van der Waals surface area contributed by atoms with Gasteiger partial charge in [0.05, 0.1) is 28.5 Å². The van der Waals surface area contributed by atoms with Gasteiger partial charge in [0, 0.05) is 5.69 Å². The summed E-state index contributed by atoms with van der Waals surface area (Å²) in [6.45, 7) is 0. The Bertz CT molecular complexity index is 1260. The van der Waals surface area contributed by atoms with Crippen molar-refractivity contribution >= 4 is 34.2 Å². The number of hydrogen-bond donors (Lipinski definition) is 1. The van der Waals surface area contributed by atoms with E-state index >= 15 is 0 Å². The zero-order valence-corrected chi connectivity index (χ0v) is 14.9. The number of fused-ring (bicyclic) bond motifs is 1. The highest BCUT2D eigenvalue weighted by molar-refractivity contribution is 6.31. The molecular weight excluding hydrogens is 385 g/mol. The summed E-state index contributed by atoms with van der Waals surface area (Å²) in [5, 5.41) is 3.75. The van der Waals surface area contributed by atoms with E-state index in [4.69, 9.17) is 24.9 Å². The van der Waals surface area contributed by atoms with Crippen LogP contribution in [0, 0.1) is 5.82 Å². The van der Waals surface area contributed by atoms with Gasteiger partial charge in [-0.25, -0.2) is 14.4 Å². The van der Waals surface area contributed by atoms with Crippen molar-refractivity contribution in [3.8, 4) is 22.8 Å². The van der Waals surface area contributed by atoms with E-state index in [1.165, 1.54) is 18.5 Å². The van der Waals surface area contributed by atoms with Crippen molar-refractivity contribution in [1.82, 2.24) is 9.97 Å². The predicted molar refractivity (Wildman–Crippen MR) is 102 cm³/mol. The van der Waals surface area contributed by atoms with E-state index in [-0.39, 0.29) is 5.02 Å². The van der Waals surface area contributed by atoms with Crippen LogP contribution in [0.2, 0.25) is 5.02 Å². The summed E-state index contributed by atoms with van der Waals surface area (Å²) < 4.78 is 30.6. The molecule has 5 aromatic rings. The Morgan fingerprint density at radius 2 is 1.75 bits per heavy atom. The van der Waals surface area contributed by atoms with Crippen LogP contribution in [-0.4, -0.2) is 9.97 Å². The molecule has 0 unspecified atom stereocenters. The summed E-state index contributed by atoms with van der Waals surface area (Å²) in [6.07, 6.45) is 4.49. The molecule has 8 heteroatoms. The Kier molecular flexibility index (Phi) is 3.87. The summed E-state index contributed by atoms with van der Waals surface area (Å²) in [6, 6.07) is 11.4. The number of halogens is 2. The Morgan fingerprint density at radius 3 is 2.46 bits per heavy atom. The van der Waals surface area contributed by atoms with Crippen LogP contribution in [0.3, 0.4) is 0 Å². The van der Waals surface area contributed by atoms with Crippen LogP contribution in [0.15, 0.2) is 74.6 Å². The number of aromatic nitrogens is 2. The Balaban J connectivity index is 1.73. The number of hydrogen-bond acceptors (Lipinski definition) is 6. The van der Waals surface area contributed by atoms with Crippen LogP contribution in [0.1, 0.15) is 0 Å². The lowest BCUT2D eigenvalue weighted by Crippen LogP contribution is -1.96. The molecule has 0 bridgehead atoms. The normalized spacial score (nSPS) is 11.2. The molecule has 0 amide bonds. The smallest absolute Gasteiger partial charge is 0.232 e. The van der Waals surface area contributed by atoms with E-state index in [0.29, 0.717) is 45.4 Å². The van der Waals surface area contributed by atoms with Gasteiger partial charge in [0.15, 0.2) is 11.5 Å². The third-order valence-electron chi connectivity index (χ3n) is 4.18. The molecule has 0 fully saturated rings. The monoisotopic (exact) mass is 395 g/mol. The minimum Gasteiger partial charge on any atom is -0.464 e. The quantitative estimate of drug-likeness (QED) is 0.386. The first-order chi connectivity index (χ1) is 13.7. The molecule has 0 aliphatic rings. The molecular formula is C20H11ClFN3O3. The molecule has 28 heavy (non-hydrogen) atoms. The third kappa shape index (κ3) is 2.73. The van der Waals surface area contributed by atoms with Crippen molar-refractivity contribution in [2.45, 2.75) is 0 Å². The van der Waals surface area contributed by atoms with Gasteiger partial charge in [0.25, 0.3) is 0 Å². The van der Waals surface area contributed by atoms with Crippen molar-refractivity contribution in [3.63, 3.8) is 0 Å². The van der Waals surface area contributed by atoms with Crippen molar-refractivity contribution in [2.75, 3.05) is 5.32 Å². The van der Waals surface area contributed by atoms with Gasteiger partial charge < -0.3 is 18.6 Å². The summed E-state index contributed by atoms with van der Waals surface area (Å²) in [7, 11) is 0. The molecule has 6 nitrogen and oxygen atoms in total. The van der Waals surface area contributed by atoms with Crippen molar-refractivity contribution < 1.29 is 17.6 Å². The Morgan fingerprint density at radius 1 is 0.964 bits per heavy atom. The zero-order chi connectivity index (χ0) is 19.1. The fraction of sp³-hybridized carbons (Fsp3) is 0. The number of nitrogens with one attached hydrogen (secondary N) is 1. The lowest BCUT2D eigenvalue weighted by Gasteiger charge is -2.08. The molecule has 4 heterocycles. The maximum atomic E-state index is 13.5. The molecule has 0 saturated carbocycles. The molecule has 0 aliphatic carbocycles. The minimum absolute atomic E-state index is 0.00465. The Hall–Kier alpha value is -3.58. The van der Waals surface area contributed by atoms with Gasteiger partial charge >= 0.3 is 0 Å². The molecule has 1 aromatic carbocycles. The molecule has 138 valence electrons. The first-order valence-electron chi connectivity index (χ1n) is 8.28. The fourth-order valence-corrected chi connectivity index (χ4v) is 3.16. The van der Waals surface area contributed by atoms with Gasteiger partial charge in [-0.2, -0.15) is 0 Å². The zero-order valence-electron chi connectivity index (χ0n) is 14.1. The maximum absolute atomic E-state index is 13.5. The second-order valence-electron chi connectivity index (χ2n) is 5.92. The largest absolute Gasteiger partial charge is 0.464 e. The van der Waals surface area contributed by atoms with E-state index in [9.17, 15) is 4.39 Å². The number of furan rings is 3. The lowest BCUT2D eigenvalue weighted by molar-refractivity contribution is 0.536. The first kappa shape index (κ1) is 16.6. The van der Waals surface area contributed by atoms with Crippen LogP contribution in [0.4, 0.5) is 15.9 Å². The van der Waals surface area contributed by atoms with Crippen LogP contribution in [-0.2, 0) is 0 Å². The molecule has 1 N–H and O–H groups in total. The summed E-state index contributed by atoms with van der Waals surface area (Å²) in [4.78, 5) is 8.56. The fourth-order valence-electron chi connectivity index (χ4n) is 2.98. The van der Waals surface area contributed by atoms with Gasteiger partial charge in [-0.15, -0.1) is 0 Å². The topological polar surface area (TPSA) is 77.2 Å². The highest BCUT2D eigenvalue weighted by Crippen LogP contribution is 2.43. The molecule has 4 aromatic heterocycles. The van der Waals surface area contributed by atoms with Gasteiger partial charge in [0.2, 0.25) is 5.71 Å². The van der Waals surface area contributed by atoms with Crippen LogP contribution in [0.25, 0.3) is 33.9 Å². The van der Waals surface area contributed by atoms with E-state index in [2.05, 4.69) is 15.3 Å². The van der Waals surface area contributed by atoms with Gasteiger partial charge in [-0.3, -0.25) is 0 Å². The molecule has 0 spiro atoms. The first-order valence-corrected chi connectivity index (χ1v) is 8.66. The molecule has 0 radical (unpaired) electrons. The van der Waals surface area contributed by atoms with E-state index in [1.54, 1.807) is 36.8 Å². The molecule has 0 saturated heterocycles. The van der Waals surface area contributed by atoms with E-state index in [0.717, 1.165) is 0 Å². The van der Waals surface area contributed by atoms with Gasteiger partial charge in [-0.1, -0.05) is 11.6 Å². The van der Waals surface area contributed by atoms with E-state index in [1.807, 2.05) is 6.07 Å². The van der Waals surface area contributed by atoms with Crippen LogP contribution < -0.4 is 5.32 Å². The molecule has 5 rings (SSSR count). The number of benzene rings is 1. The summed E-state index contributed by atoms with van der Waals surface area (Å²) in [5.41, 5.74) is 1.56. The third-order valence-corrected chi connectivity index (χ3v) is 4.47. The summed E-state index contributed by atoms with van der Waals surface area (Å²) in [5.74, 6) is 1.52. The highest BCUT2D eigenvalue weighted by atomic mass is 35.5. The van der Waals surface area contributed by atoms with Crippen molar-refractivity contribution in [1.29, 1.82) is 0 Å². The number of anilines is 2. The number of nitrogens with zero attached hydrogens (tertiary/aromatic N) is 2. The average molecular weight is 396 g/mol. The predicted octanol–water partition coefficient (Wildman–Crippen LogP) is 6.28. The SMILES string of the molecule is Fc1ccc(Nc2ncnc3oc(-c4ccco4)c(-c4ccco4)c23)cc1Cl. The molecule has 0 atom stereocenters. The summed E-state index contributed by atoms with van der Waals surface area (Å²) >= 11 is 5.89. The van der Waals surface area contributed by atoms with Crippen molar-refractivity contribution in [3.05, 3.63) is 72.2 Å². The van der Waals surface area contributed by atoms with Gasteiger partial charge in [0.1, 0.15) is 23.7 Å². The molecule has 0 aliphatic heterocycles. The average Bonchev–Trinajstić information content (AvgIpc) is 3.44. The number of rotatable bonds is 4. The Labute approximate surface area is 162 Å². The lowest BCUT2D eigenvalue weighted by atomic mass is 10.1. The van der Waals surface area contributed by atoms with Crippen LogP contribution in [0.5, 0.6) is 0 Å². The minimum atomic E-state index is -0.500. The van der Waals surface area contributed by atoms with E-state index < -0.39 is 5.82 Å². The standard InChI is InChI=1S/C20H11ClFN3O3/c21-12-9-11(5-6-13(12)22)25-19-17-16(14-3-1-7-26-14)18(15-4-2-8-27-15)28-20(17)24-10-23-19/h1-10H,(H,23,24,25). The van der Waals surface area contributed by atoms with Crippen LogP contribution >= 0.6 is 11.6 Å². The van der Waals surface area contributed by atoms with Gasteiger partial charge in [-0.05, 0) is 42.5 Å². The second-order valence-corrected chi connectivity index (χ2v) is 6.32.